The number of hydrazine groups is 3. The van der Waals surface area contributed by atoms with Gasteiger partial charge in [0.15, 0.2) is 0 Å². The van der Waals surface area contributed by atoms with E-state index in [1.807, 2.05) is 6.08 Å². The Labute approximate surface area is 174 Å². The van der Waals surface area contributed by atoms with Gasteiger partial charge < -0.3 is 20.4 Å². The average Bonchev–Trinajstić information content (AvgIpc) is 2.61. The Morgan fingerprint density at radius 2 is 1.47 bits per heavy atom. The van der Waals surface area contributed by atoms with Crippen LogP contribution >= 0.6 is 0 Å². The van der Waals surface area contributed by atoms with Crippen LogP contribution < -0.4 is 11.1 Å². The first-order valence-electron chi connectivity index (χ1n) is 9.72. The van der Waals surface area contributed by atoms with Crippen LogP contribution in [0.25, 0.3) is 0 Å². The molecule has 170 valence electrons. The normalized spacial score (nSPS) is 22.4. The summed E-state index contributed by atoms with van der Waals surface area (Å²) in [7, 11) is 0. The van der Waals surface area contributed by atoms with Crippen LogP contribution in [0.1, 0.15) is 44.9 Å². The summed E-state index contributed by atoms with van der Waals surface area (Å²) >= 11 is 0. The van der Waals surface area contributed by atoms with Crippen molar-refractivity contribution in [3.8, 4) is 0 Å². The zero-order chi connectivity index (χ0) is 22.5. The number of carbonyl (C=O) groups is 4. The molecule has 1 aliphatic rings. The van der Waals surface area contributed by atoms with E-state index in [0.29, 0.717) is 44.2 Å². The molecule has 0 radical (unpaired) electrons. The molecule has 1 heterocycles. The number of nitrogens with one attached hydrogen (secondary N) is 2. The van der Waals surface area contributed by atoms with Crippen LogP contribution in [-0.4, -0.2) is 80.5 Å². The number of hydrogen-bond acceptors (Lipinski definition) is 8. The van der Waals surface area contributed by atoms with Gasteiger partial charge in [0.05, 0.1) is 6.42 Å². The molecule has 12 nitrogen and oxygen atoms in total. The first-order chi connectivity index (χ1) is 14.2. The van der Waals surface area contributed by atoms with Crippen LogP contribution in [0.5, 0.6) is 0 Å². The number of hydrogen-bond donors (Lipinski definition) is 6. The summed E-state index contributed by atoms with van der Waals surface area (Å²) < 4.78 is 0. The van der Waals surface area contributed by atoms with E-state index in [0.717, 1.165) is 0 Å². The predicted molar refractivity (Wildman–Crippen MR) is 104 cm³/mol. The smallest absolute Gasteiger partial charge is 0.319 e. The first kappa shape index (κ1) is 25.5. The summed E-state index contributed by atoms with van der Waals surface area (Å²) in [5, 5.41) is 39.2. The minimum atomic E-state index is -1.10. The topological polar surface area (TPSA) is 180 Å². The van der Waals surface area contributed by atoms with Gasteiger partial charge >= 0.3 is 23.9 Å². The molecule has 0 aromatic heterocycles. The number of nitrogens with zero attached hydrogens (tertiary/aromatic N) is 2. The van der Waals surface area contributed by atoms with Crippen molar-refractivity contribution in [3.63, 3.8) is 0 Å². The largest absolute Gasteiger partial charge is 0.481 e. The lowest BCUT2D eigenvalue weighted by atomic mass is 9.92. The summed E-state index contributed by atoms with van der Waals surface area (Å²) in [5.41, 5.74) is 6.09. The molecule has 0 spiro atoms. The molecule has 12 heteroatoms. The molecular formula is C18H30N4O8. The average molecular weight is 430 g/mol. The summed E-state index contributed by atoms with van der Waals surface area (Å²) in [6, 6.07) is 0. The summed E-state index contributed by atoms with van der Waals surface area (Å²) in [5.74, 6) is -4.39. The van der Waals surface area contributed by atoms with E-state index in [4.69, 9.17) is 15.3 Å². The molecule has 30 heavy (non-hydrogen) atoms. The van der Waals surface area contributed by atoms with Crippen molar-refractivity contribution in [2.75, 3.05) is 26.2 Å². The van der Waals surface area contributed by atoms with Crippen LogP contribution in [0, 0.1) is 5.92 Å². The van der Waals surface area contributed by atoms with Gasteiger partial charge in [-0.15, -0.1) is 0 Å². The molecule has 6 N–H and O–H groups in total. The second kappa shape index (κ2) is 13.6. The maximum atomic E-state index is 11.2. The molecule has 1 rings (SSSR count). The Kier molecular flexibility index (Phi) is 11.6. The fourth-order valence-corrected chi connectivity index (χ4v) is 3.19. The Balaban J connectivity index is 2.98. The zero-order valence-electron chi connectivity index (χ0n) is 16.7. The van der Waals surface area contributed by atoms with Crippen molar-refractivity contribution >= 4 is 23.9 Å². The molecule has 0 saturated carbocycles. The van der Waals surface area contributed by atoms with Gasteiger partial charge in [0.1, 0.15) is 13.1 Å². The van der Waals surface area contributed by atoms with Crippen LogP contribution in [0.2, 0.25) is 0 Å². The number of aliphatic carboxylic acids is 4. The summed E-state index contributed by atoms with van der Waals surface area (Å²) in [4.78, 5) is 44.5. The van der Waals surface area contributed by atoms with Gasteiger partial charge in [-0.3, -0.25) is 19.2 Å². The van der Waals surface area contributed by atoms with Gasteiger partial charge in [-0.1, -0.05) is 11.6 Å². The highest BCUT2D eigenvalue weighted by atomic mass is 16.4. The van der Waals surface area contributed by atoms with Gasteiger partial charge in [-0.05, 0) is 38.0 Å². The number of rotatable bonds is 8. The fourth-order valence-electron chi connectivity index (χ4n) is 3.19. The van der Waals surface area contributed by atoms with E-state index in [-0.39, 0.29) is 38.4 Å². The number of carboxylic acids is 4. The van der Waals surface area contributed by atoms with Gasteiger partial charge in [0.2, 0.25) is 0 Å². The molecule has 1 aliphatic heterocycles. The SMILES string of the molecule is O=C(O)C/C1=C\CCCN(CC(=O)O)NNN(CC(=O)O)CCC(CC(=O)O)CC1. The van der Waals surface area contributed by atoms with Crippen LogP contribution in [0.15, 0.2) is 11.6 Å². The number of carboxylic acid groups (broad SMARTS) is 4. The molecule has 1 atom stereocenters. The summed E-state index contributed by atoms with van der Waals surface area (Å²) in [6.07, 6.45) is 3.93. The van der Waals surface area contributed by atoms with E-state index in [2.05, 4.69) is 11.1 Å². The third kappa shape index (κ3) is 12.1. The standard InChI is InChI=1S/C18H30N4O8/c23-15(24)9-13-3-1-2-7-21(11-17(27)28)19-20-22(12-18(29)30)8-6-14(5-4-13)10-16(25)26/h3,14,19-20H,1-2,4-12H2,(H,23,24)(H,25,26)(H,27,28)(H,29,30)/b13-3-. The molecular weight excluding hydrogens is 400 g/mol. The predicted octanol–water partition coefficient (Wildman–Crippen LogP) is 0.140. The fraction of sp³-hybridized carbons (Fsp3) is 0.667. The molecule has 0 aromatic carbocycles. The first-order valence-corrected chi connectivity index (χ1v) is 9.72. The lowest BCUT2D eigenvalue weighted by molar-refractivity contribution is -0.143. The third-order valence-corrected chi connectivity index (χ3v) is 4.61. The lowest BCUT2D eigenvalue weighted by Crippen LogP contribution is -2.57. The minimum Gasteiger partial charge on any atom is -0.481 e. The van der Waals surface area contributed by atoms with Gasteiger partial charge in [-0.2, -0.15) is 11.1 Å². The molecule has 1 unspecified atom stereocenters. The highest BCUT2D eigenvalue weighted by Gasteiger charge is 2.19. The maximum Gasteiger partial charge on any atom is 0.319 e. The molecule has 0 fully saturated rings. The summed E-state index contributed by atoms with van der Waals surface area (Å²) in [6.45, 7) is -0.173. The van der Waals surface area contributed by atoms with Crippen molar-refractivity contribution < 1.29 is 39.6 Å². The van der Waals surface area contributed by atoms with E-state index >= 15 is 0 Å². The van der Waals surface area contributed by atoms with Crippen molar-refractivity contribution in [1.29, 1.82) is 0 Å². The van der Waals surface area contributed by atoms with E-state index in [1.165, 1.54) is 10.0 Å². The molecule has 0 amide bonds. The zero-order valence-corrected chi connectivity index (χ0v) is 16.7. The van der Waals surface area contributed by atoms with Crippen molar-refractivity contribution in [2.45, 2.75) is 44.9 Å². The Bertz CT molecular complexity index is 640. The minimum absolute atomic E-state index is 0.111. The Hall–Kier alpha value is -2.54. The lowest BCUT2D eigenvalue weighted by Gasteiger charge is -2.29. The molecule has 0 saturated heterocycles. The maximum absolute atomic E-state index is 11.2. The van der Waals surface area contributed by atoms with Gasteiger partial charge in [0, 0.05) is 19.5 Å². The van der Waals surface area contributed by atoms with Crippen LogP contribution in [0.3, 0.4) is 0 Å². The van der Waals surface area contributed by atoms with Crippen LogP contribution in [0.4, 0.5) is 0 Å². The molecule has 0 aliphatic carbocycles. The van der Waals surface area contributed by atoms with E-state index < -0.39 is 23.9 Å². The third-order valence-electron chi connectivity index (χ3n) is 4.61. The van der Waals surface area contributed by atoms with E-state index in [9.17, 15) is 24.3 Å². The highest BCUT2D eigenvalue weighted by molar-refractivity contribution is 5.70. The quantitative estimate of drug-likeness (QED) is 0.287. The Morgan fingerprint density at radius 3 is 2.00 bits per heavy atom. The number of allylic oxidation sites excluding steroid dienone is 1. The molecule has 0 aromatic rings. The van der Waals surface area contributed by atoms with E-state index in [1.54, 1.807) is 0 Å². The molecule has 0 bridgehead atoms. The van der Waals surface area contributed by atoms with Gasteiger partial charge in [-0.25, -0.2) is 10.0 Å². The van der Waals surface area contributed by atoms with Crippen molar-refractivity contribution in [1.82, 2.24) is 21.1 Å². The highest BCUT2D eigenvalue weighted by Crippen LogP contribution is 2.22. The second-order valence-corrected chi connectivity index (χ2v) is 7.22. The monoisotopic (exact) mass is 430 g/mol. The Morgan fingerprint density at radius 1 is 0.867 bits per heavy atom. The second-order valence-electron chi connectivity index (χ2n) is 7.22. The van der Waals surface area contributed by atoms with Gasteiger partial charge in [0.25, 0.3) is 0 Å². The van der Waals surface area contributed by atoms with Crippen molar-refractivity contribution in [2.24, 2.45) is 5.92 Å². The van der Waals surface area contributed by atoms with Crippen LogP contribution in [-0.2, 0) is 19.2 Å². The van der Waals surface area contributed by atoms with Crippen molar-refractivity contribution in [3.05, 3.63) is 11.6 Å².